The first-order chi connectivity index (χ1) is 12.5. The lowest BCUT2D eigenvalue weighted by Crippen LogP contribution is -2.39. The highest BCUT2D eigenvalue weighted by molar-refractivity contribution is 6.08. The Morgan fingerprint density at radius 2 is 1.96 bits per heavy atom. The van der Waals surface area contributed by atoms with E-state index in [2.05, 4.69) is 4.90 Å². The zero-order valence-corrected chi connectivity index (χ0v) is 14.8. The van der Waals surface area contributed by atoms with Crippen LogP contribution in [0.1, 0.15) is 24.9 Å². The van der Waals surface area contributed by atoms with Crippen molar-refractivity contribution in [2.45, 2.75) is 19.4 Å². The van der Waals surface area contributed by atoms with Crippen molar-refractivity contribution < 1.29 is 23.8 Å². The second kappa shape index (κ2) is 7.97. The smallest absolute Gasteiger partial charge is 0.290 e. The maximum atomic E-state index is 14.3. The van der Waals surface area contributed by atoms with Crippen molar-refractivity contribution in [3.63, 3.8) is 0 Å². The minimum atomic E-state index is -0.883. The van der Waals surface area contributed by atoms with Crippen molar-refractivity contribution in [3.8, 4) is 0 Å². The molecule has 1 atom stereocenters. The fourth-order valence-corrected chi connectivity index (χ4v) is 3.55. The van der Waals surface area contributed by atoms with Crippen LogP contribution in [0, 0.1) is 5.82 Å². The summed E-state index contributed by atoms with van der Waals surface area (Å²) in [5.41, 5.74) is 0.188. The second-order valence-corrected chi connectivity index (χ2v) is 6.55. The molecule has 1 N–H and O–H groups in total. The van der Waals surface area contributed by atoms with Gasteiger partial charge in [0.2, 0.25) is 0 Å². The highest BCUT2D eigenvalue weighted by Crippen LogP contribution is 2.38. The number of hydrogen-bond acceptors (Lipinski definition) is 5. The number of ketones is 1. The van der Waals surface area contributed by atoms with E-state index in [1.807, 2.05) is 0 Å². The molecule has 7 heteroatoms. The average molecular weight is 362 g/mol. The second-order valence-electron chi connectivity index (χ2n) is 6.55. The number of aliphatic hydroxyl groups excluding tert-OH is 1. The van der Waals surface area contributed by atoms with Crippen molar-refractivity contribution in [2.24, 2.45) is 0 Å². The lowest BCUT2D eigenvalue weighted by molar-refractivity contribution is -0.129. The van der Waals surface area contributed by atoms with Crippen LogP contribution in [0.25, 0.3) is 0 Å². The molecule has 3 rings (SSSR count). The SMILES string of the molecule is CC(=O)C1=C(O)C(=O)N(CCCN2CCOCC2)[C@H]1c1ccccc1F. The van der Waals surface area contributed by atoms with Gasteiger partial charge in [-0.05, 0) is 19.4 Å². The van der Waals surface area contributed by atoms with Crippen molar-refractivity contribution in [2.75, 3.05) is 39.4 Å². The maximum absolute atomic E-state index is 14.3. The van der Waals surface area contributed by atoms with Crippen LogP contribution in [0.15, 0.2) is 35.6 Å². The quantitative estimate of drug-likeness (QED) is 0.836. The summed E-state index contributed by atoms with van der Waals surface area (Å²) >= 11 is 0. The van der Waals surface area contributed by atoms with E-state index in [1.54, 1.807) is 18.2 Å². The predicted molar refractivity (Wildman–Crippen MR) is 93.1 cm³/mol. The summed E-state index contributed by atoms with van der Waals surface area (Å²) in [6.07, 6.45) is 0.662. The molecular weight excluding hydrogens is 339 g/mol. The molecule has 0 saturated carbocycles. The number of aliphatic hydroxyl groups is 1. The summed E-state index contributed by atoms with van der Waals surface area (Å²) in [7, 11) is 0. The van der Waals surface area contributed by atoms with Crippen LogP contribution in [0.4, 0.5) is 4.39 Å². The summed E-state index contributed by atoms with van der Waals surface area (Å²) in [6, 6.07) is 5.16. The van der Waals surface area contributed by atoms with Gasteiger partial charge in [-0.2, -0.15) is 0 Å². The Kier molecular flexibility index (Phi) is 5.68. The molecule has 1 amide bonds. The monoisotopic (exact) mass is 362 g/mol. The van der Waals surface area contributed by atoms with Crippen LogP contribution in [0.2, 0.25) is 0 Å². The number of benzene rings is 1. The topological polar surface area (TPSA) is 70.1 Å². The number of carbonyl (C=O) groups excluding carboxylic acids is 2. The molecule has 140 valence electrons. The van der Waals surface area contributed by atoms with Gasteiger partial charge in [0.05, 0.1) is 24.8 Å². The Morgan fingerprint density at radius 3 is 2.62 bits per heavy atom. The molecule has 0 aromatic heterocycles. The first-order valence-corrected chi connectivity index (χ1v) is 8.80. The number of rotatable bonds is 6. The number of morpholine rings is 1. The van der Waals surface area contributed by atoms with Crippen LogP contribution < -0.4 is 0 Å². The predicted octanol–water partition coefficient (Wildman–Crippen LogP) is 1.83. The summed E-state index contributed by atoms with van der Waals surface area (Å²) in [5, 5.41) is 10.2. The van der Waals surface area contributed by atoms with Crippen LogP contribution >= 0.6 is 0 Å². The van der Waals surface area contributed by atoms with Crippen LogP contribution in [0.5, 0.6) is 0 Å². The zero-order valence-electron chi connectivity index (χ0n) is 14.8. The number of amides is 1. The lowest BCUT2D eigenvalue weighted by Gasteiger charge is -2.30. The molecule has 0 radical (unpaired) electrons. The van der Waals surface area contributed by atoms with Crippen molar-refractivity contribution in [1.29, 1.82) is 0 Å². The normalized spacial score (nSPS) is 21.5. The van der Waals surface area contributed by atoms with Crippen molar-refractivity contribution >= 4 is 11.7 Å². The van der Waals surface area contributed by atoms with Crippen LogP contribution in [0.3, 0.4) is 0 Å². The molecule has 1 aromatic carbocycles. The molecule has 0 aliphatic carbocycles. The lowest BCUT2D eigenvalue weighted by atomic mass is 9.96. The van der Waals surface area contributed by atoms with Gasteiger partial charge >= 0.3 is 0 Å². The largest absolute Gasteiger partial charge is 0.503 e. The van der Waals surface area contributed by atoms with Gasteiger partial charge in [0, 0.05) is 31.7 Å². The van der Waals surface area contributed by atoms with E-state index in [0.29, 0.717) is 26.2 Å². The number of carbonyl (C=O) groups is 2. The average Bonchev–Trinajstić information content (AvgIpc) is 2.88. The van der Waals surface area contributed by atoms with Crippen LogP contribution in [-0.2, 0) is 14.3 Å². The first kappa shape index (κ1) is 18.5. The molecule has 2 heterocycles. The van der Waals surface area contributed by atoms with Gasteiger partial charge < -0.3 is 14.7 Å². The Hall–Kier alpha value is -2.25. The Bertz CT molecular complexity index is 728. The van der Waals surface area contributed by atoms with Gasteiger partial charge in [0.25, 0.3) is 5.91 Å². The highest BCUT2D eigenvalue weighted by atomic mass is 19.1. The van der Waals surface area contributed by atoms with Crippen molar-refractivity contribution in [3.05, 3.63) is 47.0 Å². The molecule has 0 spiro atoms. The molecule has 26 heavy (non-hydrogen) atoms. The van der Waals surface area contributed by atoms with Gasteiger partial charge in [0.15, 0.2) is 11.5 Å². The van der Waals surface area contributed by atoms with Crippen LogP contribution in [-0.4, -0.2) is 66.0 Å². The van der Waals surface area contributed by atoms with E-state index < -0.39 is 29.3 Å². The number of ether oxygens (including phenoxy) is 1. The third kappa shape index (κ3) is 3.64. The standard InChI is InChI=1S/C19H23FN2O4/c1-13(23)16-17(14-5-2-3-6-15(14)20)22(19(25)18(16)24)8-4-7-21-9-11-26-12-10-21/h2-3,5-6,17,24H,4,7-12H2,1H3/t17-/m0/s1. The minimum absolute atomic E-state index is 0.0357. The minimum Gasteiger partial charge on any atom is -0.503 e. The third-order valence-electron chi connectivity index (χ3n) is 4.86. The number of hydrogen-bond donors (Lipinski definition) is 1. The molecule has 0 bridgehead atoms. The van der Waals surface area contributed by atoms with Gasteiger partial charge in [-0.1, -0.05) is 18.2 Å². The fourth-order valence-electron chi connectivity index (χ4n) is 3.55. The molecular formula is C19H23FN2O4. The van der Waals surface area contributed by atoms with Gasteiger partial charge in [-0.3, -0.25) is 14.5 Å². The molecule has 1 aromatic rings. The van der Waals surface area contributed by atoms with E-state index in [9.17, 15) is 19.1 Å². The van der Waals surface area contributed by atoms with Crippen molar-refractivity contribution in [1.82, 2.24) is 9.80 Å². The molecule has 1 fully saturated rings. The first-order valence-electron chi connectivity index (χ1n) is 8.80. The van der Waals surface area contributed by atoms with E-state index >= 15 is 0 Å². The molecule has 6 nitrogen and oxygen atoms in total. The zero-order chi connectivity index (χ0) is 18.7. The van der Waals surface area contributed by atoms with E-state index in [0.717, 1.165) is 19.6 Å². The maximum Gasteiger partial charge on any atom is 0.290 e. The summed E-state index contributed by atoms with van der Waals surface area (Å²) in [4.78, 5) is 28.2. The number of nitrogens with zero attached hydrogens (tertiary/aromatic N) is 2. The van der Waals surface area contributed by atoms with Gasteiger partial charge in [-0.25, -0.2) is 4.39 Å². The summed E-state index contributed by atoms with van der Waals surface area (Å²) in [5.74, 6) is -2.13. The van der Waals surface area contributed by atoms with Gasteiger partial charge in [0.1, 0.15) is 5.82 Å². The number of halogens is 1. The fraction of sp³-hybridized carbons (Fsp3) is 0.474. The number of Topliss-reactive ketones (excluding diaryl/α,β-unsaturated/α-hetero) is 1. The third-order valence-corrected chi connectivity index (χ3v) is 4.86. The van der Waals surface area contributed by atoms with E-state index in [4.69, 9.17) is 4.74 Å². The molecule has 0 unspecified atom stereocenters. The Labute approximate surface area is 151 Å². The highest BCUT2D eigenvalue weighted by Gasteiger charge is 2.43. The summed E-state index contributed by atoms with van der Waals surface area (Å²) < 4.78 is 19.7. The molecule has 1 saturated heterocycles. The Morgan fingerprint density at radius 1 is 1.27 bits per heavy atom. The molecule has 2 aliphatic rings. The van der Waals surface area contributed by atoms with Gasteiger partial charge in [-0.15, -0.1) is 0 Å². The Balaban J connectivity index is 1.79. The van der Waals surface area contributed by atoms with E-state index in [-0.39, 0.29) is 11.1 Å². The summed E-state index contributed by atoms with van der Waals surface area (Å²) in [6.45, 7) is 5.45. The molecule has 2 aliphatic heterocycles. The van der Waals surface area contributed by atoms with E-state index in [1.165, 1.54) is 17.9 Å².